The lowest BCUT2D eigenvalue weighted by Crippen LogP contribution is -2.24. The van der Waals surface area contributed by atoms with Crippen LogP contribution in [0.3, 0.4) is 0 Å². The van der Waals surface area contributed by atoms with Crippen LogP contribution in [0.1, 0.15) is 24.6 Å². The summed E-state index contributed by atoms with van der Waals surface area (Å²) in [6.45, 7) is 2.51. The van der Waals surface area contributed by atoms with Crippen molar-refractivity contribution in [2.75, 3.05) is 0 Å². The van der Waals surface area contributed by atoms with Crippen LogP contribution in [-0.2, 0) is 13.0 Å². The van der Waals surface area contributed by atoms with Gasteiger partial charge in [0.05, 0.1) is 17.9 Å². The summed E-state index contributed by atoms with van der Waals surface area (Å²) in [4.78, 5) is 17.6. The Balaban J connectivity index is 1.50. The van der Waals surface area contributed by atoms with Crippen LogP contribution >= 0.6 is 11.6 Å². The Bertz CT molecular complexity index is 1460. The maximum Gasteiger partial charge on any atom is 0.334 e. The van der Waals surface area contributed by atoms with Crippen molar-refractivity contribution in [3.63, 3.8) is 0 Å². The van der Waals surface area contributed by atoms with Crippen LogP contribution < -0.4 is 5.69 Å². The standard InChI is InChI=1S/C25H22ClN7O/c1-2-6-22-23(26)33(19-7-4-3-5-8-19)25(34)32(22)16-17-9-11-18(12-10-17)21-15-27-14-13-20(21)24-28-30-31-29-24/h3-5,7-15H,2,6,16H2,1H3,(H,28,29,30,31). The van der Waals surface area contributed by atoms with Gasteiger partial charge in [0.2, 0.25) is 5.82 Å². The topological polar surface area (TPSA) is 94.3 Å². The van der Waals surface area contributed by atoms with Crippen molar-refractivity contribution in [3.05, 3.63) is 100.0 Å². The van der Waals surface area contributed by atoms with Crippen LogP contribution in [0.4, 0.5) is 0 Å². The van der Waals surface area contributed by atoms with Crippen molar-refractivity contribution in [1.82, 2.24) is 34.7 Å². The number of rotatable bonds is 7. The Morgan fingerprint density at radius 2 is 1.79 bits per heavy atom. The van der Waals surface area contributed by atoms with Gasteiger partial charge in [0, 0.05) is 23.5 Å². The van der Waals surface area contributed by atoms with Gasteiger partial charge in [-0.05, 0) is 41.0 Å². The van der Waals surface area contributed by atoms with Gasteiger partial charge < -0.3 is 0 Å². The summed E-state index contributed by atoms with van der Waals surface area (Å²) >= 11 is 6.70. The van der Waals surface area contributed by atoms with Crippen molar-refractivity contribution >= 4 is 11.6 Å². The molecule has 8 nitrogen and oxygen atoms in total. The quantitative estimate of drug-likeness (QED) is 0.376. The molecule has 0 saturated heterocycles. The molecule has 3 heterocycles. The number of imidazole rings is 1. The van der Waals surface area contributed by atoms with Crippen molar-refractivity contribution in [2.45, 2.75) is 26.3 Å². The van der Waals surface area contributed by atoms with Crippen molar-refractivity contribution in [3.8, 4) is 28.2 Å². The summed E-state index contributed by atoms with van der Waals surface area (Å²) in [7, 11) is 0. The van der Waals surface area contributed by atoms with Crippen LogP contribution in [-0.4, -0.2) is 34.7 Å². The lowest BCUT2D eigenvalue weighted by molar-refractivity contribution is 0.691. The van der Waals surface area contributed by atoms with E-state index < -0.39 is 0 Å². The Morgan fingerprint density at radius 3 is 2.50 bits per heavy atom. The molecule has 0 aliphatic heterocycles. The fourth-order valence-corrected chi connectivity index (χ4v) is 4.43. The lowest BCUT2D eigenvalue weighted by atomic mass is 10.0. The van der Waals surface area contributed by atoms with Crippen LogP contribution in [0.2, 0.25) is 5.15 Å². The monoisotopic (exact) mass is 471 g/mol. The molecule has 5 rings (SSSR count). The van der Waals surface area contributed by atoms with Gasteiger partial charge >= 0.3 is 5.69 Å². The zero-order valence-corrected chi connectivity index (χ0v) is 19.3. The summed E-state index contributed by atoms with van der Waals surface area (Å²) in [5.41, 5.74) is 5.16. The molecule has 2 aromatic carbocycles. The summed E-state index contributed by atoms with van der Waals surface area (Å²) < 4.78 is 3.34. The molecule has 34 heavy (non-hydrogen) atoms. The molecule has 0 radical (unpaired) electrons. The number of nitrogens with one attached hydrogen (secondary N) is 1. The summed E-state index contributed by atoms with van der Waals surface area (Å²) in [5, 5.41) is 14.8. The maximum atomic E-state index is 13.4. The molecule has 5 aromatic rings. The zero-order chi connectivity index (χ0) is 23.5. The minimum atomic E-state index is -0.143. The number of benzene rings is 2. The van der Waals surface area contributed by atoms with E-state index in [1.165, 1.54) is 0 Å². The molecule has 1 N–H and O–H groups in total. The molecule has 9 heteroatoms. The number of tetrazole rings is 1. The Hall–Kier alpha value is -4.04. The second-order valence-corrected chi connectivity index (χ2v) is 8.24. The zero-order valence-electron chi connectivity index (χ0n) is 18.5. The van der Waals surface area contributed by atoms with Crippen LogP contribution in [0.5, 0.6) is 0 Å². The van der Waals surface area contributed by atoms with E-state index in [9.17, 15) is 4.79 Å². The number of para-hydroxylation sites is 1. The van der Waals surface area contributed by atoms with Crippen LogP contribution in [0.15, 0.2) is 77.9 Å². The lowest BCUT2D eigenvalue weighted by Gasteiger charge is -2.09. The highest BCUT2D eigenvalue weighted by atomic mass is 35.5. The minimum absolute atomic E-state index is 0.143. The van der Waals surface area contributed by atoms with Gasteiger partial charge in [-0.2, -0.15) is 5.21 Å². The van der Waals surface area contributed by atoms with E-state index in [2.05, 4.69) is 32.5 Å². The molecule has 0 fully saturated rings. The fraction of sp³-hybridized carbons (Fsp3) is 0.160. The van der Waals surface area contributed by atoms with Gasteiger partial charge in [0.1, 0.15) is 5.15 Å². The van der Waals surface area contributed by atoms with E-state index in [0.29, 0.717) is 17.5 Å². The van der Waals surface area contributed by atoms with Crippen LogP contribution in [0, 0.1) is 0 Å². The van der Waals surface area contributed by atoms with E-state index in [0.717, 1.165) is 46.5 Å². The third-order valence-corrected chi connectivity index (χ3v) is 6.08. The number of halogens is 1. The minimum Gasteiger partial charge on any atom is -0.290 e. The molecule has 0 saturated carbocycles. The van der Waals surface area contributed by atoms with E-state index >= 15 is 0 Å². The average molecular weight is 472 g/mol. The number of aromatic amines is 1. The highest BCUT2D eigenvalue weighted by molar-refractivity contribution is 6.30. The smallest absolute Gasteiger partial charge is 0.290 e. The highest BCUT2D eigenvalue weighted by Crippen LogP contribution is 2.29. The average Bonchev–Trinajstić information content (AvgIpc) is 3.49. The third-order valence-electron chi connectivity index (χ3n) is 5.70. The molecular formula is C25H22ClN7O. The maximum absolute atomic E-state index is 13.4. The van der Waals surface area contributed by atoms with Gasteiger partial charge in [0.15, 0.2) is 0 Å². The van der Waals surface area contributed by atoms with Crippen molar-refractivity contribution in [1.29, 1.82) is 0 Å². The van der Waals surface area contributed by atoms with E-state index in [1.807, 2.05) is 60.7 Å². The predicted octanol–water partition coefficient (Wildman–Crippen LogP) is 4.54. The molecule has 0 bridgehead atoms. The Kier molecular flexibility index (Phi) is 6.05. The first-order valence-electron chi connectivity index (χ1n) is 11.0. The number of hydrogen-bond donors (Lipinski definition) is 1. The van der Waals surface area contributed by atoms with Crippen LogP contribution in [0.25, 0.3) is 28.2 Å². The Labute approximate surface area is 200 Å². The van der Waals surface area contributed by atoms with Gasteiger partial charge in [-0.3, -0.25) is 14.1 Å². The van der Waals surface area contributed by atoms with E-state index in [4.69, 9.17) is 11.6 Å². The molecule has 0 aliphatic rings. The first-order chi connectivity index (χ1) is 16.7. The fourth-order valence-electron chi connectivity index (χ4n) is 4.07. The highest BCUT2D eigenvalue weighted by Gasteiger charge is 2.19. The Morgan fingerprint density at radius 1 is 1.00 bits per heavy atom. The summed E-state index contributed by atoms with van der Waals surface area (Å²) in [6, 6.07) is 19.4. The summed E-state index contributed by atoms with van der Waals surface area (Å²) in [6.07, 6.45) is 5.09. The molecule has 0 amide bonds. The second-order valence-electron chi connectivity index (χ2n) is 7.88. The van der Waals surface area contributed by atoms with Gasteiger partial charge in [-0.15, -0.1) is 10.2 Å². The van der Waals surface area contributed by atoms with Crippen molar-refractivity contribution < 1.29 is 0 Å². The number of H-pyrrole nitrogens is 1. The largest absolute Gasteiger partial charge is 0.334 e. The first kappa shape index (κ1) is 21.8. The van der Waals surface area contributed by atoms with Gasteiger partial charge in [0.25, 0.3) is 0 Å². The molecule has 0 unspecified atom stereocenters. The SMILES string of the molecule is CCCc1c(Cl)n(-c2ccccc2)c(=O)n1Cc1ccc(-c2cnccc2-c2nn[nH]n2)cc1. The summed E-state index contributed by atoms with van der Waals surface area (Å²) in [5.74, 6) is 0.508. The predicted molar refractivity (Wildman–Crippen MR) is 131 cm³/mol. The molecular weight excluding hydrogens is 450 g/mol. The normalized spacial score (nSPS) is 11.1. The first-order valence-corrected chi connectivity index (χ1v) is 11.4. The van der Waals surface area contributed by atoms with Gasteiger partial charge in [-0.1, -0.05) is 67.4 Å². The second kappa shape index (κ2) is 9.44. The van der Waals surface area contributed by atoms with Crippen molar-refractivity contribution in [2.24, 2.45) is 0 Å². The molecule has 0 atom stereocenters. The van der Waals surface area contributed by atoms with Gasteiger partial charge in [-0.25, -0.2) is 4.79 Å². The third kappa shape index (κ3) is 4.04. The van der Waals surface area contributed by atoms with E-state index in [1.54, 1.807) is 21.5 Å². The number of nitrogens with zero attached hydrogens (tertiary/aromatic N) is 6. The number of pyridine rings is 1. The molecule has 0 spiro atoms. The molecule has 0 aliphatic carbocycles. The van der Waals surface area contributed by atoms with E-state index in [-0.39, 0.29) is 5.69 Å². The molecule has 170 valence electrons. The number of aromatic nitrogens is 7. The molecule has 3 aromatic heterocycles. The number of hydrogen-bond acceptors (Lipinski definition) is 5.